The van der Waals surface area contributed by atoms with Gasteiger partial charge in [-0.1, -0.05) is 0 Å². The molecule has 3 heterocycles. The second-order valence-electron chi connectivity index (χ2n) is 8.69. The number of hydrogen-bond acceptors (Lipinski definition) is 6. The van der Waals surface area contributed by atoms with Crippen molar-refractivity contribution >= 4 is 17.7 Å². The van der Waals surface area contributed by atoms with Gasteiger partial charge in [-0.05, 0) is 49.4 Å². The van der Waals surface area contributed by atoms with E-state index in [1.807, 2.05) is 12.1 Å². The van der Waals surface area contributed by atoms with Crippen LogP contribution in [-0.2, 0) is 20.9 Å². The van der Waals surface area contributed by atoms with E-state index < -0.39 is 6.04 Å². The molecular formula is C22H27N3O5. The Bertz CT molecular complexity index is 882. The molecule has 0 bridgehead atoms. The number of likely N-dealkylation sites (tertiary alicyclic amines) is 1. The number of hydrogen-bond donors (Lipinski definition) is 1. The van der Waals surface area contributed by atoms with Crippen molar-refractivity contribution in [1.29, 1.82) is 0 Å². The quantitative estimate of drug-likeness (QED) is 0.727. The van der Waals surface area contributed by atoms with Crippen LogP contribution in [0.25, 0.3) is 0 Å². The summed E-state index contributed by atoms with van der Waals surface area (Å²) in [6.07, 6.45) is 4.41. The number of fused-ring (bicyclic) bond motifs is 1. The largest absolute Gasteiger partial charge is 0.489 e. The average Bonchev–Trinajstić information content (AvgIpc) is 3.26. The molecule has 1 N–H and O–H groups in total. The first kappa shape index (κ1) is 19.5. The average molecular weight is 413 g/mol. The van der Waals surface area contributed by atoms with Crippen molar-refractivity contribution in [3.8, 4) is 5.75 Å². The number of nitrogens with one attached hydrogen (secondary N) is 1. The van der Waals surface area contributed by atoms with Crippen molar-refractivity contribution in [2.45, 2.75) is 62.9 Å². The second kappa shape index (κ2) is 7.67. The fraction of sp³-hybridized carbons (Fsp3) is 0.591. The molecule has 8 nitrogen and oxygen atoms in total. The van der Waals surface area contributed by atoms with Gasteiger partial charge in [0, 0.05) is 44.8 Å². The molecule has 1 unspecified atom stereocenters. The number of carbonyl (C=O) groups is 3. The first-order valence-corrected chi connectivity index (χ1v) is 10.7. The van der Waals surface area contributed by atoms with Crippen LogP contribution < -0.4 is 10.1 Å². The number of carbonyl (C=O) groups excluding carboxylic acids is 3. The molecule has 2 saturated heterocycles. The summed E-state index contributed by atoms with van der Waals surface area (Å²) in [4.78, 5) is 40.5. The molecule has 5 rings (SSSR count). The normalized spacial score (nSPS) is 29.7. The van der Waals surface area contributed by atoms with Crippen LogP contribution in [-0.4, -0.2) is 72.0 Å². The standard InChI is InChI=1S/C22H27N3O5/c1-29-15-11-24(12-15)17-3-2-4-19(17)30-14-5-6-16-13(9-14)10-25(22(16)28)18-7-8-20(26)23-21(18)27/h5-6,9,15,17-19H,2-4,7-8,10-12H2,1H3,(H,23,26,27)/t17-,18?,19-/m0/s1. The van der Waals surface area contributed by atoms with E-state index in [0.29, 0.717) is 30.7 Å². The van der Waals surface area contributed by atoms with Gasteiger partial charge in [0.15, 0.2) is 0 Å². The summed E-state index contributed by atoms with van der Waals surface area (Å²) in [5.41, 5.74) is 1.49. The van der Waals surface area contributed by atoms with Gasteiger partial charge in [0.1, 0.15) is 17.9 Å². The van der Waals surface area contributed by atoms with Crippen LogP contribution in [0.5, 0.6) is 5.75 Å². The number of rotatable bonds is 5. The summed E-state index contributed by atoms with van der Waals surface area (Å²) in [5, 5.41) is 2.34. The van der Waals surface area contributed by atoms with Crippen molar-refractivity contribution in [3.63, 3.8) is 0 Å². The smallest absolute Gasteiger partial charge is 0.255 e. The van der Waals surface area contributed by atoms with Crippen LogP contribution in [0.4, 0.5) is 0 Å². The zero-order valence-electron chi connectivity index (χ0n) is 17.1. The van der Waals surface area contributed by atoms with Gasteiger partial charge in [0.2, 0.25) is 11.8 Å². The molecule has 3 aliphatic heterocycles. The van der Waals surface area contributed by atoms with E-state index in [-0.39, 0.29) is 30.2 Å². The Kier molecular flexibility index (Phi) is 4.99. The highest BCUT2D eigenvalue weighted by molar-refractivity contribution is 6.05. The lowest BCUT2D eigenvalue weighted by molar-refractivity contribution is -0.136. The van der Waals surface area contributed by atoms with E-state index in [1.165, 1.54) is 0 Å². The molecule has 0 aromatic heterocycles. The van der Waals surface area contributed by atoms with Gasteiger partial charge >= 0.3 is 0 Å². The van der Waals surface area contributed by atoms with E-state index >= 15 is 0 Å². The molecule has 1 aliphatic carbocycles. The molecule has 4 aliphatic rings. The third kappa shape index (κ3) is 3.37. The summed E-state index contributed by atoms with van der Waals surface area (Å²) in [6.45, 7) is 2.29. The predicted octanol–water partition coefficient (Wildman–Crippen LogP) is 1.08. The molecule has 30 heavy (non-hydrogen) atoms. The number of nitrogens with zero attached hydrogens (tertiary/aromatic N) is 2. The molecule has 0 radical (unpaired) electrons. The van der Waals surface area contributed by atoms with E-state index in [9.17, 15) is 14.4 Å². The summed E-state index contributed by atoms with van der Waals surface area (Å²) < 4.78 is 11.8. The number of amides is 3. The summed E-state index contributed by atoms with van der Waals surface area (Å²) in [5.74, 6) is -0.0498. The van der Waals surface area contributed by atoms with Crippen molar-refractivity contribution in [2.24, 2.45) is 0 Å². The fourth-order valence-corrected chi connectivity index (χ4v) is 5.15. The number of ether oxygens (including phenoxy) is 2. The number of benzene rings is 1. The lowest BCUT2D eigenvalue weighted by atomic mass is 10.0. The highest BCUT2D eigenvalue weighted by Crippen LogP contribution is 2.34. The molecular weight excluding hydrogens is 386 g/mol. The van der Waals surface area contributed by atoms with Gasteiger partial charge in [-0.3, -0.25) is 24.6 Å². The van der Waals surface area contributed by atoms with Gasteiger partial charge in [-0.2, -0.15) is 0 Å². The lowest BCUT2D eigenvalue weighted by Gasteiger charge is -2.44. The van der Waals surface area contributed by atoms with E-state index in [1.54, 1.807) is 18.1 Å². The summed E-state index contributed by atoms with van der Waals surface area (Å²) in [7, 11) is 1.76. The van der Waals surface area contributed by atoms with Crippen LogP contribution in [0.2, 0.25) is 0 Å². The van der Waals surface area contributed by atoms with Crippen LogP contribution in [0.15, 0.2) is 18.2 Å². The zero-order chi connectivity index (χ0) is 20.8. The molecule has 3 amide bonds. The third-order valence-corrected chi connectivity index (χ3v) is 6.88. The maximum absolute atomic E-state index is 12.8. The monoisotopic (exact) mass is 413 g/mol. The van der Waals surface area contributed by atoms with E-state index in [2.05, 4.69) is 10.2 Å². The molecule has 8 heteroatoms. The van der Waals surface area contributed by atoms with E-state index in [4.69, 9.17) is 9.47 Å². The fourth-order valence-electron chi connectivity index (χ4n) is 5.15. The predicted molar refractivity (Wildman–Crippen MR) is 107 cm³/mol. The molecule has 1 aromatic carbocycles. The van der Waals surface area contributed by atoms with Gasteiger partial charge in [0.05, 0.1) is 6.10 Å². The van der Waals surface area contributed by atoms with Gasteiger partial charge in [-0.25, -0.2) is 0 Å². The Hall–Kier alpha value is -2.45. The first-order valence-electron chi connectivity index (χ1n) is 10.7. The van der Waals surface area contributed by atoms with Crippen LogP contribution >= 0.6 is 0 Å². The van der Waals surface area contributed by atoms with Gasteiger partial charge in [-0.15, -0.1) is 0 Å². The number of piperidine rings is 1. The molecule has 0 spiro atoms. The molecule has 3 atom stereocenters. The van der Waals surface area contributed by atoms with E-state index in [0.717, 1.165) is 43.7 Å². The van der Waals surface area contributed by atoms with Crippen molar-refractivity contribution < 1.29 is 23.9 Å². The minimum absolute atomic E-state index is 0.143. The van der Waals surface area contributed by atoms with Crippen LogP contribution in [0, 0.1) is 0 Å². The second-order valence-corrected chi connectivity index (χ2v) is 8.69. The lowest BCUT2D eigenvalue weighted by Crippen LogP contribution is -2.58. The Labute approximate surface area is 175 Å². The van der Waals surface area contributed by atoms with Crippen molar-refractivity contribution in [1.82, 2.24) is 15.1 Å². The zero-order valence-corrected chi connectivity index (χ0v) is 17.1. The number of imide groups is 1. The minimum atomic E-state index is -0.591. The maximum atomic E-state index is 12.8. The maximum Gasteiger partial charge on any atom is 0.255 e. The van der Waals surface area contributed by atoms with Gasteiger partial charge in [0.25, 0.3) is 5.91 Å². The van der Waals surface area contributed by atoms with Crippen molar-refractivity contribution in [2.75, 3.05) is 20.2 Å². The molecule has 1 aromatic rings. The Morgan fingerprint density at radius 3 is 2.70 bits per heavy atom. The summed E-state index contributed by atoms with van der Waals surface area (Å²) >= 11 is 0. The number of methoxy groups -OCH3 is 1. The highest BCUT2D eigenvalue weighted by atomic mass is 16.5. The highest BCUT2D eigenvalue weighted by Gasteiger charge is 2.41. The Morgan fingerprint density at radius 1 is 1.10 bits per heavy atom. The third-order valence-electron chi connectivity index (χ3n) is 6.88. The van der Waals surface area contributed by atoms with Crippen molar-refractivity contribution in [3.05, 3.63) is 29.3 Å². The minimum Gasteiger partial charge on any atom is -0.489 e. The Balaban J connectivity index is 1.26. The van der Waals surface area contributed by atoms with Crippen LogP contribution in [0.3, 0.4) is 0 Å². The van der Waals surface area contributed by atoms with Gasteiger partial charge < -0.3 is 14.4 Å². The molecule has 160 valence electrons. The topological polar surface area (TPSA) is 88.2 Å². The first-order chi connectivity index (χ1) is 14.5. The summed E-state index contributed by atoms with van der Waals surface area (Å²) in [6, 6.07) is 5.40. The molecule has 1 saturated carbocycles. The Morgan fingerprint density at radius 2 is 1.93 bits per heavy atom. The SMILES string of the molecule is COC1CN([C@H]2CCC[C@@H]2Oc2ccc3c(c2)CN(C2CCC(=O)NC2=O)C3=O)C1. The molecule has 3 fully saturated rings. The van der Waals surface area contributed by atoms with Crippen LogP contribution in [0.1, 0.15) is 48.0 Å².